The zero-order valence-electron chi connectivity index (χ0n) is 21.9. The summed E-state index contributed by atoms with van der Waals surface area (Å²) in [4.78, 5) is 13.4. The predicted octanol–water partition coefficient (Wildman–Crippen LogP) is 6.74. The fourth-order valence-corrected chi connectivity index (χ4v) is 4.19. The maximum Gasteiger partial charge on any atom is 0.174 e. The molecule has 6 heteroatoms. The summed E-state index contributed by atoms with van der Waals surface area (Å²) in [7, 11) is 0. The smallest absolute Gasteiger partial charge is 0.174 e. The molecule has 0 fully saturated rings. The number of carbonyl (C=O) groups is 1. The van der Waals surface area contributed by atoms with Gasteiger partial charge in [0.1, 0.15) is 28.9 Å². The Hall–Kier alpha value is -3.67. The fraction of sp³-hybridized carbons (Fsp3) is 0.367. The first-order valence-corrected chi connectivity index (χ1v) is 12.1. The normalized spacial score (nSPS) is 14.5. The number of Topliss-reactive ketones (excluding diaryl/α,β-unsaturated/α-hetero) is 1. The molecule has 192 valence electrons. The summed E-state index contributed by atoms with van der Waals surface area (Å²) in [5.41, 5.74) is 4.98. The molecule has 0 aliphatic carbocycles. The molecule has 0 saturated carbocycles. The van der Waals surface area contributed by atoms with E-state index in [0.717, 1.165) is 16.7 Å². The minimum Gasteiger partial charge on any atom is -0.507 e. The molecule has 0 aromatic heterocycles. The molecule has 2 aromatic carbocycles. The topological polar surface area (TPSA) is 107 Å². The summed E-state index contributed by atoms with van der Waals surface area (Å²) in [5, 5.41) is 42.9. The van der Waals surface area contributed by atoms with Crippen LogP contribution in [0, 0.1) is 0 Å². The summed E-state index contributed by atoms with van der Waals surface area (Å²) >= 11 is 0. The van der Waals surface area contributed by atoms with Crippen LogP contribution in [-0.4, -0.2) is 26.2 Å². The van der Waals surface area contributed by atoms with E-state index in [1.54, 1.807) is 6.07 Å². The number of allylic oxidation sites excluding steroid dienone is 6. The first-order chi connectivity index (χ1) is 16.9. The summed E-state index contributed by atoms with van der Waals surface area (Å²) in [6.45, 7) is 11.6. The van der Waals surface area contributed by atoms with Crippen LogP contribution >= 0.6 is 0 Å². The molecule has 4 N–H and O–H groups in total. The molecule has 36 heavy (non-hydrogen) atoms. The van der Waals surface area contributed by atoms with Crippen molar-refractivity contribution >= 4 is 5.78 Å². The van der Waals surface area contributed by atoms with Crippen LogP contribution in [0.4, 0.5) is 0 Å². The van der Waals surface area contributed by atoms with E-state index in [2.05, 4.69) is 0 Å². The van der Waals surface area contributed by atoms with Crippen LogP contribution < -0.4 is 4.74 Å². The second-order valence-corrected chi connectivity index (χ2v) is 10.1. The van der Waals surface area contributed by atoms with Gasteiger partial charge >= 0.3 is 0 Å². The van der Waals surface area contributed by atoms with Gasteiger partial charge in [0.05, 0.1) is 6.42 Å². The number of hydrogen-bond acceptors (Lipinski definition) is 6. The minimum atomic E-state index is -0.755. The molecule has 0 spiro atoms. The van der Waals surface area contributed by atoms with Crippen LogP contribution in [0.5, 0.6) is 28.7 Å². The maximum absolute atomic E-state index is 13.4. The van der Waals surface area contributed by atoms with E-state index in [0.29, 0.717) is 35.1 Å². The van der Waals surface area contributed by atoms with E-state index >= 15 is 0 Å². The molecular formula is C30H36O6. The summed E-state index contributed by atoms with van der Waals surface area (Å²) in [6.07, 6.45) is 5.96. The molecule has 1 heterocycles. The summed E-state index contributed by atoms with van der Waals surface area (Å²) < 4.78 is 6.28. The van der Waals surface area contributed by atoms with Gasteiger partial charge in [-0.15, -0.1) is 0 Å². The monoisotopic (exact) mass is 492 g/mol. The molecule has 2 aromatic rings. The number of ether oxygens (including phenoxy) is 1. The largest absolute Gasteiger partial charge is 0.507 e. The highest BCUT2D eigenvalue weighted by Crippen LogP contribution is 2.49. The van der Waals surface area contributed by atoms with Gasteiger partial charge in [-0.1, -0.05) is 34.9 Å². The van der Waals surface area contributed by atoms with E-state index in [-0.39, 0.29) is 52.9 Å². The van der Waals surface area contributed by atoms with Gasteiger partial charge in [0.2, 0.25) is 0 Å². The average Bonchev–Trinajstić information content (AvgIpc) is 2.78. The lowest BCUT2D eigenvalue weighted by atomic mass is 9.88. The van der Waals surface area contributed by atoms with E-state index in [9.17, 15) is 25.2 Å². The molecule has 0 radical (unpaired) electrons. The Kier molecular flexibility index (Phi) is 8.18. The Labute approximate surface area is 212 Å². The highest BCUT2D eigenvalue weighted by Gasteiger charge is 2.36. The number of fused-ring (bicyclic) bond motifs is 1. The Morgan fingerprint density at radius 1 is 0.806 bits per heavy atom. The van der Waals surface area contributed by atoms with Gasteiger partial charge in [-0.3, -0.25) is 4.79 Å². The number of carbonyl (C=O) groups excluding carboxylic acids is 1. The van der Waals surface area contributed by atoms with Crippen LogP contribution in [0.1, 0.15) is 86.7 Å². The van der Waals surface area contributed by atoms with Crippen molar-refractivity contribution < 1.29 is 30.0 Å². The zero-order chi connectivity index (χ0) is 26.7. The molecule has 0 unspecified atom stereocenters. The molecule has 1 atom stereocenters. The summed E-state index contributed by atoms with van der Waals surface area (Å²) in [6, 6.07) is 3.11. The van der Waals surface area contributed by atoms with Gasteiger partial charge in [0.25, 0.3) is 0 Å². The molecule has 1 aliphatic rings. The van der Waals surface area contributed by atoms with Crippen LogP contribution in [0.3, 0.4) is 0 Å². The van der Waals surface area contributed by atoms with Crippen LogP contribution in [-0.2, 0) is 19.3 Å². The fourth-order valence-electron chi connectivity index (χ4n) is 4.19. The molecule has 0 amide bonds. The second-order valence-electron chi connectivity index (χ2n) is 10.1. The van der Waals surface area contributed by atoms with Crippen LogP contribution in [0.15, 0.2) is 47.1 Å². The van der Waals surface area contributed by atoms with Crippen molar-refractivity contribution in [3.05, 3.63) is 74.9 Å². The number of phenolic OH excluding ortho intramolecular Hbond substituents is 4. The molecule has 1 aliphatic heterocycles. The SMILES string of the molecule is CC(C)=CCc1cc([C@H]2CC(=O)c3c(O)c(CC=C(C)C)c(O)c(CC=C(C)C)c3O2)cc(O)c1O. The Bertz CT molecular complexity index is 1270. The van der Waals surface area contributed by atoms with Crippen molar-refractivity contribution in [1.82, 2.24) is 0 Å². The first kappa shape index (κ1) is 26.9. The number of rotatable bonds is 7. The Morgan fingerprint density at radius 3 is 1.94 bits per heavy atom. The van der Waals surface area contributed by atoms with Crippen LogP contribution in [0.25, 0.3) is 0 Å². The van der Waals surface area contributed by atoms with Crippen LogP contribution in [0.2, 0.25) is 0 Å². The number of hydrogen-bond donors (Lipinski definition) is 4. The number of ketones is 1. The zero-order valence-corrected chi connectivity index (χ0v) is 21.9. The van der Waals surface area contributed by atoms with Crippen molar-refractivity contribution in [2.45, 2.75) is 73.3 Å². The molecule has 3 rings (SSSR count). The number of aromatic hydroxyl groups is 4. The number of phenols is 4. The van der Waals surface area contributed by atoms with E-state index in [1.165, 1.54) is 6.07 Å². The Morgan fingerprint density at radius 2 is 1.36 bits per heavy atom. The third-order valence-electron chi connectivity index (χ3n) is 6.23. The van der Waals surface area contributed by atoms with Crippen molar-refractivity contribution in [3.8, 4) is 28.7 Å². The second kappa shape index (κ2) is 10.9. The lowest BCUT2D eigenvalue weighted by Gasteiger charge is -2.30. The lowest BCUT2D eigenvalue weighted by molar-refractivity contribution is 0.0841. The van der Waals surface area contributed by atoms with Crippen molar-refractivity contribution in [3.63, 3.8) is 0 Å². The Balaban J connectivity index is 2.15. The highest BCUT2D eigenvalue weighted by molar-refractivity contribution is 6.04. The predicted molar refractivity (Wildman–Crippen MR) is 141 cm³/mol. The van der Waals surface area contributed by atoms with Crippen molar-refractivity contribution in [2.24, 2.45) is 0 Å². The first-order valence-electron chi connectivity index (χ1n) is 12.1. The van der Waals surface area contributed by atoms with Crippen molar-refractivity contribution in [1.29, 1.82) is 0 Å². The summed E-state index contributed by atoms with van der Waals surface area (Å²) in [5.74, 6) is -1.01. The number of benzene rings is 2. The minimum absolute atomic E-state index is 0.0538. The quantitative estimate of drug-likeness (QED) is 0.252. The molecular weight excluding hydrogens is 456 g/mol. The van der Waals surface area contributed by atoms with E-state index in [4.69, 9.17) is 4.74 Å². The standard InChI is InChI=1S/C30H36O6/c1-16(2)7-10-19-13-20(14-24(32)27(19)33)25-15-23(31)26-29(35)21(11-8-17(3)4)28(34)22(30(26)36-25)12-9-18(5)6/h7-9,13-14,25,32-35H,10-12,15H2,1-6H3/t25-/m1/s1. The van der Waals surface area contributed by atoms with Gasteiger partial charge in [0, 0.05) is 16.7 Å². The maximum atomic E-state index is 13.4. The van der Waals surface area contributed by atoms with Crippen molar-refractivity contribution in [2.75, 3.05) is 0 Å². The van der Waals surface area contributed by atoms with Gasteiger partial charge in [-0.05, 0) is 78.5 Å². The van der Waals surface area contributed by atoms with E-state index < -0.39 is 6.10 Å². The lowest BCUT2D eigenvalue weighted by Crippen LogP contribution is -2.22. The van der Waals surface area contributed by atoms with Gasteiger partial charge < -0.3 is 25.2 Å². The molecule has 0 saturated heterocycles. The van der Waals surface area contributed by atoms with Gasteiger partial charge in [-0.25, -0.2) is 0 Å². The van der Waals surface area contributed by atoms with Gasteiger partial charge in [0.15, 0.2) is 17.3 Å². The van der Waals surface area contributed by atoms with Gasteiger partial charge in [-0.2, -0.15) is 0 Å². The third kappa shape index (κ3) is 5.76. The average molecular weight is 493 g/mol. The molecule has 0 bridgehead atoms. The third-order valence-corrected chi connectivity index (χ3v) is 6.23. The molecule has 6 nitrogen and oxygen atoms in total. The highest BCUT2D eigenvalue weighted by atomic mass is 16.5. The van der Waals surface area contributed by atoms with E-state index in [1.807, 2.05) is 59.8 Å².